The molecule has 0 aliphatic carbocycles. The minimum atomic E-state index is -4.95. The lowest BCUT2D eigenvalue weighted by molar-refractivity contribution is -0.0502. The summed E-state index contributed by atoms with van der Waals surface area (Å²) in [6.45, 7) is -5.22. The number of aliphatic hydroxyl groups is 2. The molecule has 0 amide bonds. The average molecular weight is 478 g/mol. The summed E-state index contributed by atoms with van der Waals surface area (Å²) < 4.78 is 26.9. The topological polar surface area (TPSA) is 216 Å². The van der Waals surface area contributed by atoms with E-state index in [9.17, 15) is 19.7 Å². The molecular weight excluding hydrogens is 464 g/mol. The fraction of sp³-hybridized carbons (Fsp3) is 0.500. The zero-order valence-corrected chi connectivity index (χ0v) is 16.9. The molecule has 14 nitrogen and oxygen atoms in total. The summed E-state index contributed by atoms with van der Waals surface area (Å²) in [5, 5.41) is 20.2. The largest absolute Gasteiger partial charge is 0.479 e. The molecule has 0 saturated carbocycles. The van der Waals surface area contributed by atoms with Gasteiger partial charge in [-0.2, -0.15) is 9.97 Å². The van der Waals surface area contributed by atoms with Crippen LogP contribution in [0.15, 0.2) is 6.33 Å². The van der Waals surface area contributed by atoms with Gasteiger partial charge in [0.1, 0.15) is 23.8 Å². The molecule has 0 radical (unpaired) electrons. The molecule has 0 aromatic carbocycles. The number of aliphatic hydroxyl groups excluding tert-OH is 2. The predicted octanol–water partition coefficient (Wildman–Crippen LogP) is -0.976. The van der Waals surface area contributed by atoms with E-state index in [0.29, 0.717) is 0 Å². The Labute approximate surface area is 166 Å². The van der Waals surface area contributed by atoms with Gasteiger partial charge in [-0.15, -0.1) is 0 Å². The first-order chi connectivity index (χ1) is 12.9. The molecule has 3 rings (SSSR count). The van der Waals surface area contributed by atoms with E-state index >= 15 is 0 Å². The summed E-state index contributed by atoms with van der Waals surface area (Å²) in [7, 11) is -4.95. The van der Waals surface area contributed by atoms with E-state index in [1.54, 1.807) is 0 Å². The SMILES string of the molecule is Nc1nc(Cl)nc2c1ncn2[C@@H]1O[C@H](COP(=O)(O)OP(O)(O)=S)[C@@H](O)C1O. The number of nitrogens with zero attached hydrogens (tertiary/aromatic N) is 4. The number of phosphoric acid groups is 1. The normalized spacial score (nSPS) is 27.9. The van der Waals surface area contributed by atoms with Crippen LogP contribution in [-0.4, -0.2) is 69.3 Å². The molecule has 1 aliphatic heterocycles. The summed E-state index contributed by atoms with van der Waals surface area (Å²) in [5.41, 5.74) is 6.00. The Balaban J connectivity index is 1.78. The van der Waals surface area contributed by atoms with Gasteiger partial charge in [0.25, 0.3) is 0 Å². The van der Waals surface area contributed by atoms with Crippen molar-refractivity contribution in [3.63, 3.8) is 0 Å². The maximum absolute atomic E-state index is 11.6. The van der Waals surface area contributed by atoms with Crippen LogP contribution in [0.3, 0.4) is 0 Å². The monoisotopic (exact) mass is 477 g/mol. The van der Waals surface area contributed by atoms with Crippen molar-refractivity contribution in [3.05, 3.63) is 11.6 Å². The zero-order valence-electron chi connectivity index (χ0n) is 13.5. The number of nitrogen functional groups attached to an aromatic ring is 1. The first-order valence-electron chi connectivity index (χ1n) is 7.29. The van der Waals surface area contributed by atoms with Crippen molar-refractivity contribution in [1.82, 2.24) is 19.5 Å². The van der Waals surface area contributed by atoms with Crippen molar-refractivity contribution in [2.75, 3.05) is 12.3 Å². The maximum Gasteiger partial charge on any atom is 0.479 e. The third kappa shape index (κ3) is 4.67. The Morgan fingerprint density at radius 1 is 1.32 bits per heavy atom. The number of hydrogen-bond donors (Lipinski definition) is 6. The number of nitrogens with two attached hydrogens (primary N) is 1. The quantitative estimate of drug-likeness (QED) is 0.218. The van der Waals surface area contributed by atoms with E-state index in [-0.39, 0.29) is 22.3 Å². The van der Waals surface area contributed by atoms with Gasteiger partial charge in [-0.3, -0.25) is 9.09 Å². The summed E-state index contributed by atoms with van der Waals surface area (Å²) in [5.74, 6) is -0.0104. The Morgan fingerprint density at radius 3 is 2.64 bits per heavy atom. The molecule has 2 unspecified atom stereocenters. The molecule has 2 aromatic heterocycles. The minimum absolute atomic E-state index is 0.0104. The zero-order chi connectivity index (χ0) is 20.9. The van der Waals surface area contributed by atoms with E-state index in [1.807, 2.05) is 0 Å². The second kappa shape index (κ2) is 7.80. The summed E-state index contributed by atoms with van der Waals surface area (Å²) >= 11 is 9.86. The molecule has 0 bridgehead atoms. The summed E-state index contributed by atoms with van der Waals surface area (Å²) in [6, 6.07) is 0. The highest BCUT2D eigenvalue weighted by Crippen LogP contribution is 2.58. The minimum Gasteiger partial charge on any atom is -0.387 e. The van der Waals surface area contributed by atoms with Gasteiger partial charge in [0.05, 0.1) is 12.9 Å². The first kappa shape index (κ1) is 21.9. The highest BCUT2D eigenvalue weighted by atomic mass is 35.5. The number of anilines is 1. The van der Waals surface area contributed by atoms with Crippen LogP contribution in [-0.2, 0) is 29.9 Å². The van der Waals surface area contributed by atoms with Crippen LogP contribution in [0, 0.1) is 0 Å². The van der Waals surface area contributed by atoms with Crippen molar-refractivity contribution in [3.8, 4) is 0 Å². The maximum atomic E-state index is 11.6. The van der Waals surface area contributed by atoms with Gasteiger partial charge >= 0.3 is 14.5 Å². The van der Waals surface area contributed by atoms with Crippen LogP contribution in [0.25, 0.3) is 11.2 Å². The van der Waals surface area contributed by atoms with Gasteiger partial charge in [-0.05, 0) is 23.4 Å². The van der Waals surface area contributed by atoms with Gasteiger partial charge in [0.2, 0.25) is 5.28 Å². The molecule has 1 saturated heterocycles. The molecule has 3 heterocycles. The van der Waals surface area contributed by atoms with Crippen LogP contribution < -0.4 is 5.73 Å². The van der Waals surface area contributed by atoms with Crippen LogP contribution in [0.1, 0.15) is 6.23 Å². The number of aromatic nitrogens is 4. The van der Waals surface area contributed by atoms with E-state index in [4.69, 9.17) is 31.9 Å². The second-order valence-electron chi connectivity index (χ2n) is 5.58. The summed E-state index contributed by atoms with van der Waals surface area (Å²) in [4.78, 5) is 39.0. The molecule has 1 aliphatic rings. The van der Waals surface area contributed by atoms with Gasteiger partial charge in [0, 0.05) is 0 Å². The standard InChI is InChI=1S/C10H14ClN5O9P2S/c11-10-14-7(12)4-8(15-10)16(2-13-4)9-6(18)5(17)3(24-9)1-23-26(19,20)25-27(21,22)28/h2-3,5-6,9,17-18H,1H2,(H,19,20)(H2,12,14,15)(H2,21,22,28)/t3-,5-,6?,9-/m1/s1. The van der Waals surface area contributed by atoms with Crippen LogP contribution in [0.5, 0.6) is 0 Å². The molecule has 0 spiro atoms. The van der Waals surface area contributed by atoms with Gasteiger partial charge in [-0.1, -0.05) is 0 Å². The molecule has 5 atom stereocenters. The number of halogens is 1. The van der Waals surface area contributed by atoms with Crippen LogP contribution in [0.4, 0.5) is 5.82 Å². The molecular formula is C10H14ClN5O9P2S. The Kier molecular flexibility index (Phi) is 6.10. The fourth-order valence-electron chi connectivity index (χ4n) is 2.52. The molecule has 7 N–H and O–H groups in total. The van der Waals surface area contributed by atoms with Crippen molar-refractivity contribution in [1.29, 1.82) is 0 Å². The fourth-order valence-corrected chi connectivity index (χ4v) is 5.05. The highest BCUT2D eigenvalue weighted by molar-refractivity contribution is 8.08. The predicted molar refractivity (Wildman–Crippen MR) is 96.3 cm³/mol. The molecule has 1 fully saturated rings. The smallest absolute Gasteiger partial charge is 0.387 e. The molecule has 18 heteroatoms. The van der Waals surface area contributed by atoms with E-state index < -0.39 is 45.7 Å². The van der Waals surface area contributed by atoms with E-state index in [1.165, 1.54) is 10.9 Å². The van der Waals surface area contributed by atoms with Crippen molar-refractivity contribution in [2.45, 2.75) is 24.5 Å². The summed E-state index contributed by atoms with van der Waals surface area (Å²) in [6.07, 6.45) is -4.36. The number of imidazole rings is 1. The van der Waals surface area contributed by atoms with Crippen molar-refractivity contribution < 1.29 is 43.0 Å². The van der Waals surface area contributed by atoms with Gasteiger partial charge in [0.15, 0.2) is 17.7 Å². The number of ether oxygens (including phenoxy) is 1. The van der Waals surface area contributed by atoms with Crippen LogP contribution in [0.2, 0.25) is 5.28 Å². The third-order valence-corrected chi connectivity index (χ3v) is 6.56. The lowest BCUT2D eigenvalue weighted by Crippen LogP contribution is -2.33. The van der Waals surface area contributed by atoms with Crippen LogP contribution >= 0.6 is 26.1 Å². The van der Waals surface area contributed by atoms with Gasteiger partial charge < -0.3 is 35.4 Å². The Hall–Kier alpha value is -0.800. The highest BCUT2D eigenvalue weighted by Gasteiger charge is 2.45. The van der Waals surface area contributed by atoms with Crippen molar-refractivity contribution in [2.24, 2.45) is 0 Å². The average Bonchev–Trinajstić information content (AvgIpc) is 3.06. The Morgan fingerprint density at radius 2 is 2.00 bits per heavy atom. The first-order valence-corrected chi connectivity index (χ1v) is 11.8. The Bertz CT molecular complexity index is 988. The van der Waals surface area contributed by atoms with E-state index in [2.05, 4.69) is 35.6 Å². The third-order valence-electron chi connectivity index (χ3n) is 3.64. The molecule has 156 valence electrons. The molecule has 28 heavy (non-hydrogen) atoms. The lowest BCUT2D eigenvalue weighted by Gasteiger charge is -2.18. The molecule has 2 aromatic rings. The lowest BCUT2D eigenvalue weighted by atomic mass is 10.1. The number of phosphoric ester groups is 1. The number of fused-ring (bicyclic) bond motifs is 1. The number of hydrogen-bond acceptors (Lipinski definition) is 11. The van der Waals surface area contributed by atoms with Crippen molar-refractivity contribution >= 4 is 54.9 Å². The van der Waals surface area contributed by atoms with Gasteiger partial charge in [-0.25, -0.2) is 13.9 Å². The van der Waals surface area contributed by atoms with E-state index in [0.717, 1.165) is 0 Å². The number of rotatable bonds is 6. The second-order valence-corrected chi connectivity index (χ2v) is 10.2.